The SMILES string of the molecule is CCc1ccc(/C(=C\n2cncn2)c2ccc(Cl)cc2)cc1. The Kier molecular flexibility index (Phi) is 4.35. The molecule has 3 aromatic rings. The van der Waals surface area contributed by atoms with Gasteiger partial charge in [-0.15, -0.1) is 0 Å². The minimum atomic E-state index is 0.727. The Morgan fingerprint density at radius 3 is 2.23 bits per heavy atom. The van der Waals surface area contributed by atoms with Crippen molar-refractivity contribution >= 4 is 23.4 Å². The van der Waals surface area contributed by atoms with E-state index in [-0.39, 0.29) is 0 Å². The van der Waals surface area contributed by atoms with Gasteiger partial charge in [0.25, 0.3) is 0 Å². The third-order valence-corrected chi connectivity index (χ3v) is 3.78. The van der Waals surface area contributed by atoms with Gasteiger partial charge in [0.05, 0.1) is 0 Å². The van der Waals surface area contributed by atoms with Crippen LogP contribution in [-0.4, -0.2) is 14.8 Å². The van der Waals surface area contributed by atoms with Gasteiger partial charge in [-0.1, -0.05) is 54.9 Å². The molecule has 0 aliphatic heterocycles. The monoisotopic (exact) mass is 309 g/mol. The van der Waals surface area contributed by atoms with E-state index in [2.05, 4.69) is 41.3 Å². The molecule has 0 aliphatic carbocycles. The highest BCUT2D eigenvalue weighted by Gasteiger charge is 2.06. The van der Waals surface area contributed by atoms with E-state index in [0.717, 1.165) is 28.1 Å². The van der Waals surface area contributed by atoms with Crippen molar-refractivity contribution in [2.45, 2.75) is 13.3 Å². The van der Waals surface area contributed by atoms with Gasteiger partial charge in [-0.05, 0) is 35.2 Å². The van der Waals surface area contributed by atoms with Crippen LogP contribution in [0.2, 0.25) is 5.02 Å². The van der Waals surface area contributed by atoms with E-state index < -0.39 is 0 Å². The van der Waals surface area contributed by atoms with E-state index in [9.17, 15) is 0 Å². The summed E-state index contributed by atoms with van der Waals surface area (Å²) in [5.74, 6) is 0. The average Bonchev–Trinajstić information content (AvgIpc) is 3.07. The Morgan fingerprint density at radius 2 is 1.68 bits per heavy atom. The summed E-state index contributed by atoms with van der Waals surface area (Å²) in [6.45, 7) is 2.15. The molecular formula is C18H16ClN3. The van der Waals surface area contributed by atoms with Crippen LogP contribution in [0.5, 0.6) is 0 Å². The summed E-state index contributed by atoms with van der Waals surface area (Å²) in [6.07, 6.45) is 6.20. The van der Waals surface area contributed by atoms with Crippen LogP contribution in [0, 0.1) is 0 Å². The van der Waals surface area contributed by atoms with Crippen molar-refractivity contribution in [3.63, 3.8) is 0 Å². The molecule has 1 heterocycles. The molecule has 0 saturated heterocycles. The summed E-state index contributed by atoms with van der Waals surface area (Å²) in [7, 11) is 0. The van der Waals surface area contributed by atoms with Crippen molar-refractivity contribution in [3.05, 3.63) is 82.9 Å². The molecule has 4 heteroatoms. The third-order valence-electron chi connectivity index (χ3n) is 3.53. The molecule has 2 aromatic carbocycles. The first-order valence-electron chi connectivity index (χ1n) is 7.17. The highest BCUT2D eigenvalue weighted by Crippen LogP contribution is 2.26. The Morgan fingerprint density at radius 1 is 1.05 bits per heavy atom. The van der Waals surface area contributed by atoms with Crippen molar-refractivity contribution in [2.24, 2.45) is 0 Å². The van der Waals surface area contributed by atoms with Gasteiger partial charge in [0, 0.05) is 16.8 Å². The predicted molar refractivity (Wildman–Crippen MR) is 90.6 cm³/mol. The second-order valence-electron chi connectivity index (χ2n) is 4.98. The van der Waals surface area contributed by atoms with Gasteiger partial charge < -0.3 is 0 Å². The maximum absolute atomic E-state index is 6.00. The Hall–Kier alpha value is -2.39. The molecule has 22 heavy (non-hydrogen) atoms. The Bertz CT molecular complexity index is 757. The van der Waals surface area contributed by atoms with Crippen LogP contribution in [-0.2, 0) is 6.42 Å². The van der Waals surface area contributed by atoms with E-state index in [0.29, 0.717) is 0 Å². The second kappa shape index (κ2) is 6.58. The molecule has 0 spiro atoms. The van der Waals surface area contributed by atoms with Crippen LogP contribution in [0.4, 0.5) is 0 Å². The first-order chi connectivity index (χ1) is 10.8. The van der Waals surface area contributed by atoms with Crippen molar-refractivity contribution in [3.8, 4) is 0 Å². The highest BCUT2D eigenvalue weighted by molar-refractivity contribution is 6.30. The molecular weight excluding hydrogens is 294 g/mol. The summed E-state index contributed by atoms with van der Waals surface area (Å²) >= 11 is 6.00. The van der Waals surface area contributed by atoms with Crippen LogP contribution >= 0.6 is 11.6 Å². The summed E-state index contributed by atoms with van der Waals surface area (Å²) < 4.78 is 1.71. The largest absolute Gasteiger partial charge is 0.228 e. The maximum atomic E-state index is 6.00. The van der Waals surface area contributed by atoms with Gasteiger partial charge in [-0.2, -0.15) is 5.10 Å². The maximum Gasteiger partial charge on any atom is 0.138 e. The van der Waals surface area contributed by atoms with Crippen LogP contribution < -0.4 is 0 Å². The lowest BCUT2D eigenvalue weighted by Crippen LogP contribution is -1.94. The number of aromatic nitrogens is 3. The molecule has 3 rings (SSSR count). The molecule has 0 saturated carbocycles. The van der Waals surface area contributed by atoms with Gasteiger partial charge in [0.15, 0.2) is 0 Å². The Balaban J connectivity index is 2.07. The average molecular weight is 310 g/mol. The second-order valence-corrected chi connectivity index (χ2v) is 5.41. The first kappa shape index (κ1) is 14.5. The van der Waals surface area contributed by atoms with Crippen molar-refractivity contribution in [2.75, 3.05) is 0 Å². The first-order valence-corrected chi connectivity index (χ1v) is 7.55. The van der Waals surface area contributed by atoms with Crippen LogP contribution in [0.3, 0.4) is 0 Å². The number of aryl methyl sites for hydroxylation is 1. The van der Waals surface area contributed by atoms with Crippen LogP contribution in [0.1, 0.15) is 23.6 Å². The van der Waals surface area contributed by atoms with E-state index >= 15 is 0 Å². The molecule has 0 fully saturated rings. The van der Waals surface area contributed by atoms with Gasteiger partial charge >= 0.3 is 0 Å². The molecule has 1 aromatic heterocycles. The Labute approximate surface area is 134 Å². The number of halogens is 1. The van der Waals surface area contributed by atoms with E-state index in [1.54, 1.807) is 11.0 Å². The van der Waals surface area contributed by atoms with Gasteiger partial charge in [0.2, 0.25) is 0 Å². The number of nitrogens with zero attached hydrogens (tertiary/aromatic N) is 3. The lowest BCUT2D eigenvalue weighted by atomic mass is 9.97. The number of hydrogen-bond donors (Lipinski definition) is 0. The summed E-state index contributed by atoms with van der Waals surface area (Å²) in [5.41, 5.74) is 4.61. The molecule has 110 valence electrons. The zero-order valence-electron chi connectivity index (χ0n) is 12.3. The van der Waals surface area contributed by atoms with E-state index in [1.165, 1.54) is 11.9 Å². The van der Waals surface area contributed by atoms with Crippen LogP contribution in [0.25, 0.3) is 11.8 Å². The fourth-order valence-electron chi connectivity index (χ4n) is 2.28. The third kappa shape index (κ3) is 3.26. The number of hydrogen-bond acceptors (Lipinski definition) is 2. The molecule has 0 bridgehead atoms. The molecule has 0 unspecified atom stereocenters. The number of rotatable bonds is 4. The summed E-state index contributed by atoms with van der Waals surface area (Å²) in [6, 6.07) is 16.4. The zero-order chi connectivity index (χ0) is 15.4. The summed E-state index contributed by atoms with van der Waals surface area (Å²) in [4.78, 5) is 3.99. The van der Waals surface area contributed by atoms with Crippen molar-refractivity contribution in [1.29, 1.82) is 0 Å². The topological polar surface area (TPSA) is 30.7 Å². The molecule has 0 N–H and O–H groups in total. The minimum Gasteiger partial charge on any atom is -0.228 e. The zero-order valence-corrected chi connectivity index (χ0v) is 13.0. The molecule has 0 atom stereocenters. The fourth-order valence-corrected chi connectivity index (χ4v) is 2.41. The smallest absolute Gasteiger partial charge is 0.138 e. The molecule has 3 nitrogen and oxygen atoms in total. The van der Waals surface area contributed by atoms with Crippen LogP contribution in [0.15, 0.2) is 61.2 Å². The highest BCUT2D eigenvalue weighted by atomic mass is 35.5. The van der Waals surface area contributed by atoms with Crippen molar-refractivity contribution < 1.29 is 0 Å². The number of benzene rings is 2. The lowest BCUT2D eigenvalue weighted by Gasteiger charge is -2.09. The lowest BCUT2D eigenvalue weighted by molar-refractivity contribution is 0.935. The predicted octanol–water partition coefficient (Wildman–Crippen LogP) is 4.54. The molecule has 0 aliphatic rings. The fraction of sp³-hybridized carbons (Fsp3) is 0.111. The van der Waals surface area contributed by atoms with Crippen molar-refractivity contribution in [1.82, 2.24) is 14.8 Å². The molecule has 0 amide bonds. The van der Waals surface area contributed by atoms with E-state index in [4.69, 9.17) is 11.6 Å². The van der Waals surface area contributed by atoms with Gasteiger partial charge in [0.1, 0.15) is 12.7 Å². The molecule has 0 radical (unpaired) electrons. The normalized spacial score (nSPS) is 11.6. The van der Waals surface area contributed by atoms with Gasteiger partial charge in [-0.25, -0.2) is 9.67 Å². The standard InChI is InChI=1S/C18H16ClN3/c1-2-14-3-5-15(6-4-14)18(11-22-13-20-12-21-22)16-7-9-17(19)10-8-16/h3-13H,2H2,1H3/b18-11+. The quantitative estimate of drug-likeness (QED) is 0.708. The van der Waals surface area contributed by atoms with E-state index in [1.807, 2.05) is 30.5 Å². The minimum absolute atomic E-state index is 0.727. The summed E-state index contributed by atoms with van der Waals surface area (Å²) in [5, 5.41) is 4.89. The van der Waals surface area contributed by atoms with Gasteiger partial charge in [-0.3, -0.25) is 0 Å².